The number of hydrogen-bond acceptors (Lipinski definition) is 5. The van der Waals surface area contributed by atoms with Crippen molar-refractivity contribution in [1.82, 2.24) is 4.90 Å². The van der Waals surface area contributed by atoms with Gasteiger partial charge in [0.1, 0.15) is 5.58 Å². The van der Waals surface area contributed by atoms with E-state index in [1.54, 1.807) is 12.1 Å². The molecule has 2 unspecified atom stereocenters. The Balaban J connectivity index is 1.30. The number of carbonyl (C=O) groups is 1. The van der Waals surface area contributed by atoms with Crippen LogP contribution in [0.2, 0.25) is 0 Å². The van der Waals surface area contributed by atoms with E-state index in [1.165, 1.54) is 37.6 Å². The molecule has 2 fully saturated rings. The lowest BCUT2D eigenvalue weighted by Crippen LogP contribution is -2.39. The molecule has 0 saturated carbocycles. The van der Waals surface area contributed by atoms with E-state index in [0.29, 0.717) is 23.1 Å². The molecule has 2 aromatic carbocycles. The minimum atomic E-state index is -0.422. The summed E-state index contributed by atoms with van der Waals surface area (Å²) in [5, 5.41) is 3.39. The number of anilines is 2. The Hall–Kier alpha value is -3.12. The smallest absolute Gasteiger partial charge is 0.291 e. The van der Waals surface area contributed by atoms with Crippen molar-refractivity contribution in [2.45, 2.75) is 52.1 Å². The van der Waals surface area contributed by atoms with Gasteiger partial charge < -0.3 is 14.6 Å². The highest BCUT2D eigenvalue weighted by Crippen LogP contribution is 2.30. The largest absolute Gasteiger partial charge is 0.451 e. The summed E-state index contributed by atoms with van der Waals surface area (Å²) in [6.45, 7) is 9.58. The summed E-state index contributed by atoms with van der Waals surface area (Å²) in [4.78, 5) is 30.4. The molecule has 0 bridgehead atoms. The van der Waals surface area contributed by atoms with Crippen LogP contribution in [0.4, 0.5) is 11.4 Å². The van der Waals surface area contributed by atoms with Gasteiger partial charge in [-0.1, -0.05) is 11.6 Å². The van der Waals surface area contributed by atoms with Gasteiger partial charge in [0.05, 0.1) is 5.39 Å². The number of amides is 1. The summed E-state index contributed by atoms with van der Waals surface area (Å²) >= 11 is 0. The number of likely N-dealkylation sites (tertiary alicyclic amines) is 1. The lowest BCUT2D eigenvalue weighted by atomic mass is 10.1. The fourth-order valence-corrected chi connectivity index (χ4v) is 5.30. The van der Waals surface area contributed by atoms with Gasteiger partial charge in [-0.15, -0.1) is 0 Å². The Morgan fingerprint density at radius 3 is 2.67 bits per heavy atom. The predicted molar refractivity (Wildman–Crippen MR) is 132 cm³/mol. The van der Waals surface area contributed by atoms with Gasteiger partial charge in [-0.3, -0.25) is 14.5 Å². The number of hydrogen-bond donors (Lipinski definition) is 1. The summed E-state index contributed by atoms with van der Waals surface area (Å²) < 4.78 is 5.72. The van der Waals surface area contributed by atoms with Crippen molar-refractivity contribution in [1.29, 1.82) is 0 Å². The summed E-state index contributed by atoms with van der Waals surface area (Å²) in [5.41, 5.74) is 4.07. The summed E-state index contributed by atoms with van der Waals surface area (Å²) in [7, 11) is 0. The lowest BCUT2D eigenvalue weighted by Gasteiger charge is -2.28. The minimum Gasteiger partial charge on any atom is -0.451 e. The molecule has 2 aliphatic heterocycles. The number of benzene rings is 2. The third kappa shape index (κ3) is 4.27. The molecular weight excluding hydrogens is 414 g/mol. The van der Waals surface area contributed by atoms with Gasteiger partial charge in [0.2, 0.25) is 0 Å². The molecule has 172 valence electrons. The number of rotatable bonds is 4. The van der Waals surface area contributed by atoms with Crippen LogP contribution >= 0.6 is 0 Å². The molecule has 2 atom stereocenters. The third-order valence-electron chi connectivity index (χ3n) is 7.17. The maximum absolute atomic E-state index is 12.8. The maximum Gasteiger partial charge on any atom is 0.291 e. The predicted octanol–water partition coefficient (Wildman–Crippen LogP) is 4.73. The highest BCUT2D eigenvalue weighted by molar-refractivity contribution is 6.03. The second kappa shape index (κ2) is 8.67. The molecule has 2 saturated heterocycles. The normalized spacial score (nSPS) is 21.1. The third-order valence-corrected chi connectivity index (χ3v) is 7.17. The second-order valence-corrected chi connectivity index (χ2v) is 9.55. The zero-order chi connectivity index (χ0) is 23.1. The van der Waals surface area contributed by atoms with Crippen LogP contribution in [0.5, 0.6) is 0 Å². The van der Waals surface area contributed by atoms with E-state index >= 15 is 0 Å². The SMILES string of the molecule is Cc1ccc2oc(C(=O)Nc3ccc(N4CCC(N5CCCC5C)C4)cc3C)cc(=O)c2c1. The average molecular weight is 446 g/mol. The van der Waals surface area contributed by atoms with E-state index in [4.69, 9.17) is 4.42 Å². The fourth-order valence-electron chi connectivity index (χ4n) is 5.30. The molecule has 5 rings (SSSR count). The van der Waals surface area contributed by atoms with E-state index in [0.717, 1.165) is 29.9 Å². The molecule has 2 aliphatic rings. The standard InChI is InChI=1S/C27H31N3O3/c1-17-6-9-25-22(13-17)24(31)15-26(33-25)27(32)28-23-8-7-20(14-18(23)2)29-12-10-21(16-29)30-11-4-5-19(30)3/h6-9,13-15,19,21H,4-5,10-12,16H2,1-3H3,(H,28,32). The first-order chi connectivity index (χ1) is 15.9. The fraction of sp³-hybridized carbons (Fsp3) is 0.407. The van der Waals surface area contributed by atoms with Crippen LogP contribution in [0.1, 0.15) is 47.9 Å². The Morgan fingerprint density at radius 1 is 1.06 bits per heavy atom. The molecule has 0 aliphatic carbocycles. The van der Waals surface area contributed by atoms with Crippen molar-refractivity contribution in [3.8, 4) is 0 Å². The number of fused-ring (bicyclic) bond motifs is 1. The van der Waals surface area contributed by atoms with Crippen molar-refractivity contribution < 1.29 is 9.21 Å². The van der Waals surface area contributed by atoms with E-state index in [9.17, 15) is 9.59 Å². The Kier molecular flexibility index (Phi) is 5.71. The molecule has 0 spiro atoms. The van der Waals surface area contributed by atoms with Gasteiger partial charge in [0.25, 0.3) is 5.91 Å². The van der Waals surface area contributed by atoms with E-state index in [-0.39, 0.29) is 11.2 Å². The zero-order valence-electron chi connectivity index (χ0n) is 19.6. The van der Waals surface area contributed by atoms with Crippen LogP contribution < -0.4 is 15.6 Å². The van der Waals surface area contributed by atoms with Gasteiger partial charge in [-0.2, -0.15) is 0 Å². The Labute approximate surface area is 194 Å². The molecule has 0 radical (unpaired) electrons. The second-order valence-electron chi connectivity index (χ2n) is 9.55. The van der Waals surface area contributed by atoms with Crippen LogP contribution in [0.25, 0.3) is 11.0 Å². The molecule has 1 amide bonds. The van der Waals surface area contributed by atoms with Crippen LogP contribution in [0.3, 0.4) is 0 Å². The number of nitrogens with one attached hydrogen (secondary N) is 1. The van der Waals surface area contributed by atoms with Crippen LogP contribution in [0, 0.1) is 13.8 Å². The Bertz CT molecular complexity index is 1270. The topological polar surface area (TPSA) is 65.8 Å². The molecular formula is C27H31N3O3. The van der Waals surface area contributed by atoms with Gasteiger partial charge in [-0.05, 0) is 82.5 Å². The Morgan fingerprint density at radius 2 is 1.91 bits per heavy atom. The van der Waals surface area contributed by atoms with Crippen molar-refractivity contribution in [3.63, 3.8) is 0 Å². The van der Waals surface area contributed by atoms with Crippen LogP contribution in [-0.4, -0.2) is 42.5 Å². The van der Waals surface area contributed by atoms with Gasteiger partial charge in [0.15, 0.2) is 11.2 Å². The molecule has 3 aromatic rings. The molecule has 1 aromatic heterocycles. The van der Waals surface area contributed by atoms with E-state index in [2.05, 4.69) is 34.2 Å². The molecule has 1 N–H and O–H groups in total. The van der Waals surface area contributed by atoms with E-state index < -0.39 is 5.91 Å². The van der Waals surface area contributed by atoms with Gasteiger partial charge in [-0.25, -0.2) is 0 Å². The molecule has 33 heavy (non-hydrogen) atoms. The zero-order valence-corrected chi connectivity index (χ0v) is 19.6. The number of aryl methyl sites for hydroxylation is 2. The quantitative estimate of drug-likeness (QED) is 0.629. The van der Waals surface area contributed by atoms with Crippen molar-refractivity contribution in [2.24, 2.45) is 0 Å². The molecule has 6 heteroatoms. The number of nitrogens with zero attached hydrogens (tertiary/aromatic N) is 2. The summed E-state index contributed by atoms with van der Waals surface area (Å²) in [6, 6.07) is 14.1. The highest BCUT2D eigenvalue weighted by Gasteiger charge is 2.33. The van der Waals surface area contributed by atoms with Gasteiger partial charge in [0, 0.05) is 42.6 Å². The van der Waals surface area contributed by atoms with Gasteiger partial charge >= 0.3 is 0 Å². The van der Waals surface area contributed by atoms with E-state index in [1.807, 2.05) is 26.0 Å². The van der Waals surface area contributed by atoms with Crippen LogP contribution in [-0.2, 0) is 0 Å². The highest BCUT2D eigenvalue weighted by atomic mass is 16.3. The summed E-state index contributed by atoms with van der Waals surface area (Å²) in [6.07, 6.45) is 3.81. The minimum absolute atomic E-state index is 0.0157. The maximum atomic E-state index is 12.8. The summed E-state index contributed by atoms with van der Waals surface area (Å²) in [5.74, 6) is -0.406. The van der Waals surface area contributed by atoms with Crippen LogP contribution in [0.15, 0.2) is 51.7 Å². The first kappa shape index (κ1) is 21.7. The number of carbonyl (C=O) groups excluding carboxylic acids is 1. The molecule has 6 nitrogen and oxygen atoms in total. The van der Waals surface area contributed by atoms with Crippen molar-refractivity contribution in [2.75, 3.05) is 29.9 Å². The lowest BCUT2D eigenvalue weighted by molar-refractivity contribution is 0.0997. The van der Waals surface area contributed by atoms with Crippen molar-refractivity contribution in [3.05, 3.63) is 69.6 Å². The molecule has 3 heterocycles. The monoisotopic (exact) mass is 445 g/mol. The average Bonchev–Trinajstić information content (AvgIpc) is 3.44. The first-order valence-electron chi connectivity index (χ1n) is 11.9. The van der Waals surface area contributed by atoms with Crippen molar-refractivity contribution >= 4 is 28.3 Å². The first-order valence-corrected chi connectivity index (χ1v) is 11.9.